The molecule has 7 heteroatoms. The average Bonchev–Trinajstić information content (AvgIpc) is 2.58. The first-order valence-electron chi connectivity index (χ1n) is 7.44. The molecule has 0 bridgehead atoms. The van der Waals surface area contributed by atoms with E-state index in [9.17, 15) is 9.18 Å². The zero-order chi connectivity index (χ0) is 16.2. The predicted octanol–water partition coefficient (Wildman–Crippen LogP) is 1.75. The van der Waals surface area contributed by atoms with Gasteiger partial charge in [0.05, 0.1) is 12.4 Å². The maximum atomic E-state index is 12.9. The first-order valence-corrected chi connectivity index (χ1v) is 7.44. The lowest BCUT2D eigenvalue weighted by molar-refractivity contribution is 0.0658. The summed E-state index contributed by atoms with van der Waals surface area (Å²) in [4.78, 5) is 24.7. The number of carbonyl (C=O) groups is 1. The van der Waals surface area contributed by atoms with Crippen LogP contribution in [0.1, 0.15) is 10.5 Å². The molecule has 1 aliphatic rings. The number of amides is 1. The number of nitrogens with zero attached hydrogens (tertiary/aromatic N) is 4. The van der Waals surface area contributed by atoms with Gasteiger partial charge in [0.2, 0.25) is 0 Å². The summed E-state index contributed by atoms with van der Waals surface area (Å²) < 4.78 is 12.9. The van der Waals surface area contributed by atoms with Crippen LogP contribution < -0.4 is 5.32 Å². The van der Waals surface area contributed by atoms with E-state index in [2.05, 4.69) is 20.2 Å². The maximum absolute atomic E-state index is 12.9. The Morgan fingerprint density at radius 1 is 1.09 bits per heavy atom. The molecule has 23 heavy (non-hydrogen) atoms. The van der Waals surface area contributed by atoms with Gasteiger partial charge in [-0.25, -0.2) is 14.4 Å². The van der Waals surface area contributed by atoms with E-state index in [0.29, 0.717) is 30.3 Å². The monoisotopic (exact) mass is 315 g/mol. The molecule has 1 aliphatic heterocycles. The smallest absolute Gasteiger partial charge is 0.274 e. The Morgan fingerprint density at radius 3 is 2.39 bits per heavy atom. The quantitative estimate of drug-likeness (QED) is 0.935. The largest absolute Gasteiger partial charge is 0.339 e. The molecule has 1 aromatic heterocycles. The van der Waals surface area contributed by atoms with Crippen molar-refractivity contribution >= 4 is 17.4 Å². The van der Waals surface area contributed by atoms with Crippen molar-refractivity contribution in [3.8, 4) is 0 Å². The molecular formula is C16H18FN5O. The summed E-state index contributed by atoms with van der Waals surface area (Å²) in [5, 5.41) is 3.01. The van der Waals surface area contributed by atoms with E-state index in [-0.39, 0.29) is 11.7 Å². The van der Waals surface area contributed by atoms with Crippen LogP contribution in [0.4, 0.5) is 15.9 Å². The van der Waals surface area contributed by atoms with Crippen LogP contribution in [0, 0.1) is 5.82 Å². The van der Waals surface area contributed by atoms with Gasteiger partial charge in [0.1, 0.15) is 17.3 Å². The standard InChI is InChI=1S/C16H18FN5O/c1-21-6-8-22(9-7-21)16(23)14-10-19-15(11-18-14)20-13-4-2-12(17)3-5-13/h2-5,10-11H,6-9H2,1H3,(H,19,20). The van der Waals surface area contributed by atoms with Crippen LogP contribution in [-0.2, 0) is 0 Å². The predicted molar refractivity (Wildman–Crippen MR) is 85.1 cm³/mol. The zero-order valence-electron chi connectivity index (χ0n) is 12.9. The molecule has 6 nitrogen and oxygen atoms in total. The minimum atomic E-state index is -0.297. The van der Waals surface area contributed by atoms with Crippen LogP contribution in [-0.4, -0.2) is 58.9 Å². The van der Waals surface area contributed by atoms with Gasteiger partial charge in [0.15, 0.2) is 0 Å². The SMILES string of the molecule is CN1CCN(C(=O)c2cnc(Nc3ccc(F)cc3)cn2)CC1. The molecule has 1 saturated heterocycles. The van der Waals surface area contributed by atoms with Crippen LogP contribution in [0.25, 0.3) is 0 Å². The number of aromatic nitrogens is 2. The molecule has 0 aliphatic carbocycles. The molecule has 0 saturated carbocycles. The Labute approximate surface area is 134 Å². The van der Waals surface area contributed by atoms with Gasteiger partial charge in [-0.15, -0.1) is 0 Å². The van der Waals surface area contributed by atoms with Crippen molar-refractivity contribution in [2.24, 2.45) is 0 Å². The Balaban J connectivity index is 1.64. The number of hydrogen-bond donors (Lipinski definition) is 1. The molecule has 1 N–H and O–H groups in total. The maximum Gasteiger partial charge on any atom is 0.274 e. The topological polar surface area (TPSA) is 61.4 Å². The van der Waals surface area contributed by atoms with E-state index < -0.39 is 0 Å². The third-order valence-electron chi connectivity index (χ3n) is 3.78. The normalized spacial score (nSPS) is 15.5. The lowest BCUT2D eigenvalue weighted by Crippen LogP contribution is -2.47. The number of rotatable bonds is 3. The molecule has 3 rings (SSSR count). The van der Waals surface area contributed by atoms with Crippen molar-refractivity contribution in [1.29, 1.82) is 0 Å². The highest BCUT2D eigenvalue weighted by molar-refractivity contribution is 5.92. The van der Waals surface area contributed by atoms with Gasteiger partial charge in [-0.2, -0.15) is 0 Å². The van der Waals surface area contributed by atoms with Gasteiger partial charge < -0.3 is 15.1 Å². The van der Waals surface area contributed by atoms with Gasteiger partial charge in [0, 0.05) is 31.9 Å². The summed E-state index contributed by atoms with van der Waals surface area (Å²) in [6, 6.07) is 5.95. The fourth-order valence-corrected chi connectivity index (χ4v) is 2.36. The van der Waals surface area contributed by atoms with Crippen LogP contribution in [0.3, 0.4) is 0 Å². The number of likely N-dealkylation sites (N-methyl/N-ethyl adjacent to an activating group) is 1. The van der Waals surface area contributed by atoms with Crippen LogP contribution in [0.5, 0.6) is 0 Å². The average molecular weight is 315 g/mol. The summed E-state index contributed by atoms with van der Waals surface area (Å²) in [5.41, 5.74) is 1.04. The third-order valence-corrected chi connectivity index (χ3v) is 3.78. The van der Waals surface area contributed by atoms with E-state index in [1.54, 1.807) is 17.0 Å². The van der Waals surface area contributed by atoms with Crippen LogP contribution in [0.15, 0.2) is 36.7 Å². The summed E-state index contributed by atoms with van der Waals surface area (Å²) in [5.74, 6) is 0.111. The lowest BCUT2D eigenvalue weighted by Gasteiger charge is -2.32. The number of benzene rings is 1. The van der Waals surface area contributed by atoms with Gasteiger partial charge in [-0.3, -0.25) is 4.79 Å². The first-order chi connectivity index (χ1) is 11.1. The first kappa shape index (κ1) is 15.4. The second-order valence-corrected chi connectivity index (χ2v) is 5.51. The Hall–Kier alpha value is -2.54. The number of piperazine rings is 1. The van der Waals surface area contributed by atoms with Crippen molar-refractivity contribution in [3.63, 3.8) is 0 Å². The summed E-state index contributed by atoms with van der Waals surface area (Å²) in [6.07, 6.45) is 2.97. The van der Waals surface area contributed by atoms with Gasteiger partial charge in [0.25, 0.3) is 5.91 Å². The van der Waals surface area contributed by atoms with Crippen molar-refractivity contribution in [3.05, 3.63) is 48.2 Å². The fourth-order valence-electron chi connectivity index (χ4n) is 2.36. The van der Waals surface area contributed by atoms with E-state index in [1.165, 1.54) is 24.5 Å². The Morgan fingerprint density at radius 2 is 1.78 bits per heavy atom. The van der Waals surface area contributed by atoms with E-state index in [4.69, 9.17) is 0 Å². The molecule has 1 amide bonds. The second kappa shape index (κ2) is 6.70. The molecule has 0 spiro atoms. The summed E-state index contributed by atoms with van der Waals surface area (Å²) in [6.45, 7) is 3.13. The molecule has 0 atom stereocenters. The Bertz CT molecular complexity index is 666. The molecule has 0 unspecified atom stereocenters. The van der Waals surface area contributed by atoms with Crippen molar-refractivity contribution in [2.75, 3.05) is 38.5 Å². The number of halogens is 1. The van der Waals surface area contributed by atoms with Crippen molar-refractivity contribution in [1.82, 2.24) is 19.8 Å². The second-order valence-electron chi connectivity index (χ2n) is 5.51. The lowest BCUT2D eigenvalue weighted by atomic mass is 10.3. The van der Waals surface area contributed by atoms with Crippen LogP contribution in [0.2, 0.25) is 0 Å². The summed E-state index contributed by atoms with van der Waals surface area (Å²) >= 11 is 0. The fraction of sp³-hybridized carbons (Fsp3) is 0.312. The number of anilines is 2. The highest BCUT2D eigenvalue weighted by atomic mass is 19.1. The van der Waals surface area contributed by atoms with Gasteiger partial charge >= 0.3 is 0 Å². The zero-order valence-corrected chi connectivity index (χ0v) is 12.9. The molecule has 2 aromatic rings. The highest BCUT2D eigenvalue weighted by Gasteiger charge is 2.21. The molecule has 0 radical (unpaired) electrons. The van der Waals surface area contributed by atoms with Gasteiger partial charge in [-0.1, -0.05) is 0 Å². The number of hydrogen-bond acceptors (Lipinski definition) is 5. The van der Waals surface area contributed by atoms with Crippen LogP contribution >= 0.6 is 0 Å². The highest BCUT2D eigenvalue weighted by Crippen LogP contribution is 2.14. The number of carbonyl (C=O) groups excluding carboxylic acids is 1. The minimum absolute atomic E-state index is 0.0982. The van der Waals surface area contributed by atoms with E-state index in [0.717, 1.165) is 13.1 Å². The third kappa shape index (κ3) is 3.81. The Kier molecular flexibility index (Phi) is 4.47. The minimum Gasteiger partial charge on any atom is -0.339 e. The van der Waals surface area contributed by atoms with Crippen molar-refractivity contribution < 1.29 is 9.18 Å². The van der Waals surface area contributed by atoms with E-state index >= 15 is 0 Å². The van der Waals surface area contributed by atoms with Crippen molar-refractivity contribution in [2.45, 2.75) is 0 Å². The summed E-state index contributed by atoms with van der Waals surface area (Å²) in [7, 11) is 2.04. The molecule has 2 heterocycles. The molecule has 1 fully saturated rings. The molecule has 120 valence electrons. The number of nitrogens with one attached hydrogen (secondary N) is 1. The van der Waals surface area contributed by atoms with Gasteiger partial charge in [-0.05, 0) is 31.3 Å². The molecule has 1 aromatic carbocycles. The van der Waals surface area contributed by atoms with E-state index in [1.807, 2.05) is 7.05 Å². The molecular weight excluding hydrogens is 297 g/mol.